The van der Waals surface area contributed by atoms with Crippen LogP contribution in [-0.2, 0) is 11.2 Å². The summed E-state index contributed by atoms with van der Waals surface area (Å²) in [5.74, 6) is 3.78. The molecule has 2 fully saturated rings. The maximum atomic E-state index is 12.5. The van der Waals surface area contributed by atoms with E-state index in [2.05, 4.69) is 23.5 Å². The molecule has 1 saturated carbocycles. The van der Waals surface area contributed by atoms with E-state index in [1.54, 1.807) is 13.0 Å². The number of carbonyl (C=O) groups is 2. The van der Waals surface area contributed by atoms with Crippen LogP contribution in [0.15, 0.2) is 27.1 Å². The lowest BCUT2D eigenvalue weighted by molar-refractivity contribution is -0.132. The van der Waals surface area contributed by atoms with Gasteiger partial charge >= 0.3 is 0 Å². The van der Waals surface area contributed by atoms with Crippen LogP contribution in [0.25, 0.3) is 0 Å². The predicted molar refractivity (Wildman–Crippen MR) is 102 cm³/mol. The van der Waals surface area contributed by atoms with Crippen molar-refractivity contribution in [2.75, 3.05) is 13.1 Å². The molecule has 2 unspecified atom stereocenters. The fourth-order valence-electron chi connectivity index (χ4n) is 3.84. The molecule has 4 rings (SSSR count). The Hall–Kier alpha value is -2.57. The van der Waals surface area contributed by atoms with Crippen LogP contribution >= 0.6 is 0 Å². The summed E-state index contributed by atoms with van der Waals surface area (Å²) in [7, 11) is 0. The number of amides is 2. The minimum atomic E-state index is -0.222. The molecule has 28 heavy (non-hydrogen) atoms. The molecule has 2 amide bonds. The van der Waals surface area contributed by atoms with Gasteiger partial charge in [-0.25, -0.2) is 0 Å². The molecule has 1 N–H and O–H groups in total. The first kappa shape index (κ1) is 18.8. The first-order valence-corrected chi connectivity index (χ1v) is 10.1. The molecule has 150 valence electrons. The van der Waals surface area contributed by atoms with Crippen LogP contribution in [0.2, 0.25) is 0 Å². The second kappa shape index (κ2) is 7.81. The number of aromatic nitrogens is 1. The number of nitrogens with zero attached hydrogens (tertiary/aromatic N) is 2. The quantitative estimate of drug-likeness (QED) is 0.826. The Morgan fingerprint density at radius 3 is 2.68 bits per heavy atom. The molecular weight excluding hydrogens is 358 g/mol. The molecule has 0 aromatic carbocycles. The van der Waals surface area contributed by atoms with E-state index in [0.717, 1.165) is 30.3 Å². The maximum absolute atomic E-state index is 12.5. The van der Waals surface area contributed by atoms with E-state index in [9.17, 15) is 9.59 Å². The van der Waals surface area contributed by atoms with Crippen LogP contribution in [0.3, 0.4) is 0 Å². The third-order valence-electron chi connectivity index (χ3n) is 5.79. The first-order valence-electron chi connectivity index (χ1n) is 10.1. The van der Waals surface area contributed by atoms with Gasteiger partial charge in [0.25, 0.3) is 5.91 Å². The number of furan rings is 1. The SMILES string of the molecule is Cc1cc(C(=O)NC2CCN(C(=O)CCc3ccc(C4CC4C)o3)CC2)no1. The van der Waals surface area contributed by atoms with Gasteiger partial charge in [-0.3, -0.25) is 9.59 Å². The summed E-state index contributed by atoms with van der Waals surface area (Å²) < 4.78 is 10.8. The smallest absolute Gasteiger partial charge is 0.273 e. The topological polar surface area (TPSA) is 88.6 Å². The van der Waals surface area contributed by atoms with E-state index < -0.39 is 0 Å². The van der Waals surface area contributed by atoms with Crippen molar-refractivity contribution in [1.29, 1.82) is 0 Å². The van der Waals surface area contributed by atoms with Gasteiger partial charge < -0.3 is 19.2 Å². The molecule has 0 radical (unpaired) electrons. The normalized spacial score (nSPS) is 22.3. The highest BCUT2D eigenvalue weighted by Gasteiger charge is 2.36. The predicted octanol–water partition coefficient (Wildman–Crippen LogP) is 3.05. The molecule has 0 spiro atoms. The van der Waals surface area contributed by atoms with E-state index in [1.165, 1.54) is 6.42 Å². The van der Waals surface area contributed by atoms with Crippen LogP contribution in [0.1, 0.15) is 66.3 Å². The fraction of sp³-hybridized carbons (Fsp3) is 0.571. The highest BCUT2D eigenvalue weighted by molar-refractivity contribution is 5.92. The molecule has 2 atom stereocenters. The Bertz CT molecular complexity index is 847. The fourth-order valence-corrected chi connectivity index (χ4v) is 3.84. The highest BCUT2D eigenvalue weighted by Crippen LogP contribution is 2.47. The molecule has 2 aromatic heterocycles. The van der Waals surface area contributed by atoms with Crippen molar-refractivity contribution >= 4 is 11.8 Å². The van der Waals surface area contributed by atoms with Crippen molar-refractivity contribution in [3.05, 3.63) is 41.2 Å². The number of hydrogen-bond donors (Lipinski definition) is 1. The maximum Gasteiger partial charge on any atom is 0.273 e. The standard InChI is InChI=1S/C21H27N3O4/c1-13-11-17(13)19-5-3-16(27-19)4-6-20(25)24-9-7-15(8-10-24)22-21(26)18-12-14(2)28-23-18/h3,5,12-13,15,17H,4,6-11H2,1-2H3,(H,22,26). The number of nitrogens with one attached hydrogen (secondary N) is 1. The van der Waals surface area contributed by atoms with Crippen LogP contribution in [0, 0.1) is 12.8 Å². The zero-order valence-corrected chi connectivity index (χ0v) is 16.4. The van der Waals surface area contributed by atoms with Gasteiger partial charge in [0.2, 0.25) is 5.91 Å². The van der Waals surface area contributed by atoms with Gasteiger partial charge in [0.05, 0.1) is 0 Å². The number of hydrogen-bond acceptors (Lipinski definition) is 5. The van der Waals surface area contributed by atoms with Gasteiger partial charge in [0.1, 0.15) is 17.3 Å². The van der Waals surface area contributed by atoms with E-state index >= 15 is 0 Å². The molecule has 1 saturated heterocycles. The number of likely N-dealkylation sites (tertiary alicyclic amines) is 1. The van der Waals surface area contributed by atoms with Crippen molar-refractivity contribution in [3.8, 4) is 0 Å². The lowest BCUT2D eigenvalue weighted by atomic mass is 10.0. The van der Waals surface area contributed by atoms with Crippen LogP contribution < -0.4 is 5.32 Å². The van der Waals surface area contributed by atoms with Crippen molar-refractivity contribution in [2.45, 2.75) is 57.9 Å². The van der Waals surface area contributed by atoms with Crippen molar-refractivity contribution in [2.24, 2.45) is 5.92 Å². The summed E-state index contributed by atoms with van der Waals surface area (Å²) in [4.78, 5) is 26.5. The number of aryl methyl sites for hydroxylation is 2. The van der Waals surface area contributed by atoms with Gasteiger partial charge in [-0.2, -0.15) is 0 Å². The van der Waals surface area contributed by atoms with Crippen molar-refractivity contribution < 1.29 is 18.5 Å². The number of rotatable bonds is 6. The second-order valence-corrected chi connectivity index (χ2v) is 8.07. The van der Waals surface area contributed by atoms with Crippen molar-refractivity contribution in [3.63, 3.8) is 0 Å². The van der Waals surface area contributed by atoms with Crippen molar-refractivity contribution in [1.82, 2.24) is 15.4 Å². The second-order valence-electron chi connectivity index (χ2n) is 8.07. The molecule has 7 nitrogen and oxygen atoms in total. The van der Waals surface area contributed by atoms with E-state index in [-0.39, 0.29) is 17.9 Å². The average Bonchev–Trinajstić information content (AvgIpc) is 3.08. The molecule has 1 aliphatic carbocycles. The summed E-state index contributed by atoms with van der Waals surface area (Å²) in [6, 6.07) is 5.74. The van der Waals surface area contributed by atoms with Gasteiger partial charge in [-0.15, -0.1) is 0 Å². The van der Waals surface area contributed by atoms with Gasteiger partial charge in [-0.1, -0.05) is 12.1 Å². The number of piperidine rings is 1. The van der Waals surface area contributed by atoms with E-state index in [4.69, 9.17) is 8.94 Å². The highest BCUT2D eigenvalue weighted by atomic mass is 16.5. The first-order chi connectivity index (χ1) is 13.5. The summed E-state index contributed by atoms with van der Waals surface area (Å²) in [5, 5.41) is 6.71. The Labute approximate surface area is 164 Å². The minimum absolute atomic E-state index is 0.0571. The third-order valence-corrected chi connectivity index (χ3v) is 5.79. The third kappa shape index (κ3) is 4.29. The van der Waals surface area contributed by atoms with Gasteiger partial charge in [0, 0.05) is 44.0 Å². The molecule has 3 heterocycles. The summed E-state index contributed by atoms with van der Waals surface area (Å²) >= 11 is 0. The zero-order chi connectivity index (χ0) is 19.7. The monoisotopic (exact) mass is 385 g/mol. The molecule has 0 bridgehead atoms. The Morgan fingerprint density at radius 1 is 1.29 bits per heavy atom. The lowest BCUT2D eigenvalue weighted by Gasteiger charge is -2.32. The molecule has 2 aromatic rings. The van der Waals surface area contributed by atoms with Gasteiger partial charge in [-0.05, 0) is 44.2 Å². The number of carbonyl (C=O) groups excluding carboxylic acids is 2. The molecule has 1 aliphatic heterocycles. The minimum Gasteiger partial charge on any atom is -0.466 e. The largest absolute Gasteiger partial charge is 0.466 e. The van der Waals surface area contributed by atoms with Crippen LogP contribution in [-0.4, -0.2) is 41.0 Å². The zero-order valence-electron chi connectivity index (χ0n) is 16.4. The molecule has 7 heteroatoms. The summed E-state index contributed by atoms with van der Waals surface area (Å²) in [5.41, 5.74) is 0.300. The Balaban J connectivity index is 1.19. The summed E-state index contributed by atoms with van der Waals surface area (Å²) in [6.07, 6.45) is 3.80. The van der Waals surface area contributed by atoms with Gasteiger partial charge in [0.15, 0.2) is 5.69 Å². The molecule has 2 aliphatic rings. The van der Waals surface area contributed by atoms with Crippen LogP contribution in [0.5, 0.6) is 0 Å². The summed E-state index contributed by atoms with van der Waals surface area (Å²) in [6.45, 7) is 5.30. The van der Waals surface area contributed by atoms with Crippen LogP contribution in [0.4, 0.5) is 0 Å². The van der Waals surface area contributed by atoms with E-state index in [0.29, 0.717) is 43.3 Å². The molecular formula is C21H27N3O4. The average molecular weight is 385 g/mol. The van der Waals surface area contributed by atoms with E-state index in [1.807, 2.05) is 11.0 Å². The Morgan fingerprint density at radius 2 is 2.04 bits per heavy atom. The lowest BCUT2D eigenvalue weighted by Crippen LogP contribution is -2.46. The Kier molecular flexibility index (Phi) is 5.24.